The fourth-order valence-corrected chi connectivity index (χ4v) is 14.0. The molecule has 352 valence electrons. The number of rotatable bonds is 4. The summed E-state index contributed by atoms with van der Waals surface area (Å²) in [7, 11) is 0. The molecule has 0 spiro atoms. The first-order chi connectivity index (χ1) is 35.8. The van der Waals surface area contributed by atoms with E-state index >= 15 is 0 Å². The highest BCUT2D eigenvalue weighted by atomic mass is 14.4. The highest BCUT2D eigenvalue weighted by molar-refractivity contribution is 6.20. The van der Waals surface area contributed by atoms with E-state index in [4.69, 9.17) is 0 Å². The van der Waals surface area contributed by atoms with Crippen LogP contribution < -0.4 is 0 Å². The van der Waals surface area contributed by atoms with Crippen molar-refractivity contribution in [3.8, 4) is 77.9 Å². The molecule has 0 aromatic heterocycles. The molecule has 0 unspecified atom stereocenters. The molecule has 0 aliphatic heterocycles. The van der Waals surface area contributed by atoms with Crippen LogP contribution in [0.25, 0.3) is 121 Å². The van der Waals surface area contributed by atoms with E-state index in [1.54, 1.807) is 0 Å². The molecule has 0 bridgehead atoms. The van der Waals surface area contributed by atoms with E-state index in [0.717, 1.165) is 0 Å². The summed E-state index contributed by atoms with van der Waals surface area (Å²) in [5.74, 6) is 0. The minimum absolute atomic E-state index is 0.0279. The van der Waals surface area contributed by atoms with Gasteiger partial charge in [-0.15, -0.1) is 0 Å². The van der Waals surface area contributed by atoms with E-state index in [-0.39, 0.29) is 16.2 Å². The van der Waals surface area contributed by atoms with Gasteiger partial charge >= 0.3 is 0 Å². The normalized spacial score (nSPS) is 15.0. The zero-order valence-electron chi connectivity index (χ0n) is 43.2. The summed E-state index contributed by atoms with van der Waals surface area (Å²) < 4.78 is 0. The molecule has 0 fully saturated rings. The van der Waals surface area contributed by atoms with Crippen molar-refractivity contribution in [1.82, 2.24) is 0 Å². The maximum absolute atomic E-state index is 2.48. The molecule has 0 saturated carbocycles. The summed E-state index contributed by atoms with van der Waals surface area (Å²) in [5, 5.41) is 10.3. The van der Waals surface area contributed by atoms with Gasteiger partial charge in [0.05, 0.1) is 0 Å². The van der Waals surface area contributed by atoms with Gasteiger partial charge in [-0.1, -0.05) is 199 Å². The van der Waals surface area contributed by atoms with E-state index in [2.05, 4.69) is 261 Å². The third-order valence-electron chi connectivity index (χ3n) is 18.2. The predicted octanol–water partition coefficient (Wildman–Crippen LogP) is 20.2. The molecule has 3 aliphatic rings. The van der Waals surface area contributed by atoms with E-state index in [1.807, 2.05) is 0 Å². The lowest BCUT2D eigenvalue weighted by Crippen LogP contribution is -2.16. The Labute approximate surface area is 434 Å². The largest absolute Gasteiger partial charge is 0.0619 e. The Morgan fingerprint density at radius 1 is 0.230 bits per heavy atom. The Morgan fingerprint density at radius 3 is 0.878 bits per heavy atom. The molecule has 0 atom stereocenters. The summed E-state index contributed by atoms with van der Waals surface area (Å²) in [6.07, 6.45) is 0. The minimum atomic E-state index is -0.167. The van der Waals surface area contributed by atoms with Crippen LogP contribution in [0.5, 0.6) is 0 Å². The molecule has 0 saturated heterocycles. The second-order valence-electron chi connectivity index (χ2n) is 23.3. The van der Waals surface area contributed by atoms with Crippen LogP contribution >= 0.6 is 0 Å². The van der Waals surface area contributed by atoms with Crippen LogP contribution in [0.15, 0.2) is 212 Å². The van der Waals surface area contributed by atoms with Crippen molar-refractivity contribution in [1.29, 1.82) is 0 Å². The van der Waals surface area contributed by atoms with Crippen molar-refractivity contribution < 1.29 is 0 Å². The average Bonchev–Trinajstić information content (AvgIpc) is 3.92. The Morgan fingerprint density at radius 2 is 0.500 bits per heavy atom. The van der Waals surface area contributed by atoms with Gasteiger partial charge < -0.3 is 0 Å². The molecular weight excluding hydrogens is 889 g/mol. The van der Waals surface area contributed by atoms with Crippen LogP contribution in [0.2, 0.25) is 0 Å². The first-order valence-electron chi connectivity index (χ1n) is 26.6. The molecule has 0 amide bonds. The lowest BCUT2D eigenvalue weighted by atomic mass is 9.79. The molecule has 0 radical (unpaired) electrons. The van der Waals surface area contributed by atoms with Crippen molar-refractivity contribution in [3.63, 3.8) is 0 Å². The van der Waals surface area contributed by atoms with Gasteiger partial charge in [-0.3, -0.25) is 0 Å². The molecule has 0 N–H and O–H groups in total. The van der Waals surface area contributed by atoms with E-state index in [9.17, 15) is 0 Å². The molecule has 12 aromatic carbocycles. The van der Waals surface area contributed by atoms with Gasteiger partial charge in [0.1, 0.15) is 0 Å². The lowest BCUT2D eigenvalue weighted by Gasteiger charge is -2.24. The average molecular weight is 945 g/mol. The minimum Gasteiger partial charge on any atom is -0.0619 e. The molecule has 3 aliphatic carbocycles. The van der Waals surface area contributed by atoms with E-state index in [1.165, 1.54) is 160 Å². The fraction of sp³-hybridized carbons (Fsp3) is 0.135. The first-order valence-corrected chi connectivity index (χ1v) is 26.6. The number of fused-ring (bicyclic) bond motifs is 13. The zero-order chi connectivity index (χ0) is 50.0. The fourth-order valence-electron chi connectivity index (χ4n) is 14.0. The van der Waals surface area contributed by atoms with Crippen molar-refractivity contribution in [3.05, 3.63) is 251 Å². The Bertz CT molecular complexity index is 4340. The Hall–Kier alpha value is -8.32. The van der Waals surface area contributed by atoms with Gasteiger partial charge in [-0.05, 0) is 221 Å². The van der Waals surface area contributed by atoms with Crippen LogP contribution in [0, 0.1) is 6.92 Å². The van der Waals surface area contributed by atoms with E-state index in [0.29, 0.717) is 0 Å². The van der Waals surface area contributed by atoms with Gasteiger partial charge in [-0.25, -0.2) is 0 Å². The van der Waals surface area contributed by atoms with Crippen LogP contribution in [-0.2, 0) is 16.2 Å². The summed E-state index contributed by atoms with van der Waals surface area (Å²) >= 11 is 0. The SMILES string of the molecule is Cc1c2cc3ccccc3cc2c(-c2ccc(-c3ccc4c(c3)C(C)(C)c3cc(-c5ccc6c(c5)C(C)(C)c5cc(-c7ccc8c(c7)C(C)(C)c7ccccc7-8)ccc5-6)ccc3-4)cc2)c2cc3ccccc3cc12. The van der Waals surface area contributed by atoms with Gasteiger partial charge in [0, 0.05) is 16.2 Å². The lowest BCUT2D eigenvalue weighted by molar-refractivity contribution is 0.659. The molecule has 0 nitrogen and oxygen atoms in total. The smallest absolute Gasteiger partial charge is 0.0159 e. The van der Waals surface area contributed by atoms with Crippen molar-refractivity contribution >= 4 is 43.1 Å². The molecular formula is C74H56. The number of hydrogen-bond donors (Lipinski definition) is 0. The molecule has 15 rings (SSSR count). The summed E-state index contributed by atoms with van der Waals surface area (Å²) in [6, 6.07) is 81.4. The van der Waals surface area contributed by atoms with Crippen molar-refractivity contribution in [2.24, 2.45) is 0 Å². The van der Waals surface area contributed by atoms with Gasteiger partial charge in [0.25, 0.3) is 0 Å². The highest BCUT2D eigenvalue weighted by Crippen LogP contribution is 2.55. The van der Waals surface area contributed by atoms with Gasteiger partial charge in [0.2, 0.25) is 0 Å². The number of hydrogen-bond acceptors (Lipinski definition) is 0. The second kappa shape index (κ2) is 15.1. The Balaban J connectivity index is 0.746. The van der Waals surface area contributed by atoms with Crippen LogP contribution in [-0.4, -0.2) is 0 Å². The first kappa shape index (κ1) is 43.3. The standard InChI is InChI=1S/C74H56/c1-43-61-34-46-14-8-10-16-48(46)36-63(61)71(64-37-49-17-11-9-15-47(49)35-62(43)64)45-22-20-44(21-23-45)50-24-29-57-58-31-27-53(41-68(58)73(4,5)67(57)38-50)54-28-33-60-59-32-26-52(40-69(59)74(6,7)70(60)42-54)51-25-30-56-55-18-12-13-19-65(55)72(2,3)66(56)39-51/h8-42H,1-7H3. The summed E-state index contributed by atoms with van der Waals surface area (Å²) in [4.78, 5) is 0. The topological polar surface area (TPSA) is 0 Å². The van der Waals surface area contributed by atoms with Crippen molar-refractivity contribution in [2.45, 2.75) is 64.7 Å². The van der Waals surface area contributed by atoms with Crippen LogP contribution in [0.1, 0.15) is 80.5 Å². The third kappa shape index (κ3) is 6.03. The molecule has 12 aromatic rings. The molecule has 0 heteroatoms. The van der Waals surface area contributed by atoms with Gasteiger partial charge in [-0.2, -0.15) is 0 Å². The maximum atomic E-state index is 2.48. The highest BCUT2D eigenvalue weighted by Gasteiger charge is 2.39. The zero-order valence-corrected chi connectivity index (χ0v) is 43.2. The van der Waals surface area contributed by atoms with Gasteiger partial charge in [0.15, 0.2) is 0 Å². The molecule has 74 heavy (non-hydrogen) atoms. The maximum Gasteiger partial charge on any atom is 0.0159 e. The molecule has 0 heterocycles. The predicted molar refractivity (Wildman–Crippen MR) is 316 cm³/mol. The van der Waals surface area contributed by atoms with E-state index < -0.39 is 0 Å². The third-order valence-corrected chi connectivity index (χ3v) is 18.2. The quantitative estimate of drug-likeness (QED) is 0.154. The number of aryl methyl sites for hydroxylation is 1. The summed E-state index contributed by atoms with van der Waals surface area (Å²) in [5.41, 5.74) is 27.7. The van der Waals surface area contributed by atoms with Crippen LogP contribution in [0.4, 0.5) is 0 Å². The second-order valence-corrected chi connectivity index (χ2v) is 23.3. The van der Waals surface area contributed by atoms with Crippen molar-refractivity contribution in [2.75, 3.05) is 0 Å². The monoisotopic (exact) mass is 944 g/mol. The Kier molecular flexibility index (Phi) is 8.85. The van der Waals surface area contributed by atoms with Crippen LogP contribution in [0.3, 0.4) is 0 Å². The number of benzene rings is 12. The summed E-state index contributed by atoms with van der Waals surface area (Å²) in [6.45, 7) is 16.7.